The largest absolute Gasteiger partial charge is 0.392 e. The second-order valence-electron chi connectivity index (χ2n) is 6.23. The molecular formula is C17H22N6O2S. The Kier molecular flexibility index (Phi) is 4.73. The fourth-order valence-corrected chi connectivity index (χ4v) is 3.85. The number of benzene rings is 1. The van der Waals surface area contributed by atoms with Crippen LogP contribution >= 0.6 is 0 Å². The van der Waals surface area contributed by atoms with Gasteiger partial charge in [-0.05, 0) is 18.1 Å². The molecule has 0 atom stereocenters. The molecule has 0 aliphatic heterocycles. The standard InChI is InChI=1S/C17H22N6O2S/c1-12(2)14-8-9-23(20-14)16(11-18-3)26(24,25)21-15-7-5-6-13-10-19-22(4)17(13)15/h5-12,18,21H,1-4H3/b16-11+. The van der Waals surface area contributed by atoms with Crippen molar-refractivity contribution in [2.75, 3.05) is 11.8 Å². The Hall–Kier alpha value is -2.81. The molecule has 0 saturated heterocycles. The van der Waals surface area contributed by atoms with Crippen LogP contribution in [0.1, 0.15) is 25.5 Å². The van der Waals surface area contributed by atoms with Crippen molar-refractivity contribution in [2.45, 2.75) is 19.8 Å². The third kappa shape index (κ3) is 3.30. The van der Waals surface area contributed by atoms with Crippen LogP contribution in [0.25, 0.3) is 15.9 Å². The number of nitrogens with zero attached hydrogens (tertiary/aromatic N) is 4. The molecule has 0 saturated carbocycles. The summed E-state index contributed by atoms with van der Waals surface area (Å²) >= 11 is 0. The summed E-state index contributed by atoms with van der Waals surface area (Å²) in [5.41, 5.74) is 1.99. The predicted molar refractivity (Wildman–Crippen MR) is 103 cm³/mol. The van der Waals surface area contributed by atoms with Crippen LogP contribution in [0.3, 0.4) is 0 Å². The summed E-state index contributed by atoms with van der Waals surface area (Å²) in [6.45, 7) is 4.01. The van der Waals surface area contributed by atoms with Crippen LogP contribution in [0.2, 0.25) is 0 Å². The smallest absolute Gasteiger partial charge is 0.280 e. The molecule has 2 aromatic heterocycles. The number of fused-ring (bicyclic) bond motifs is 1. The van der Waals surface area contributed by atoms with Crippen molar-refractivity contribution in [3.63, 3.8) is 0 Å². The molecule has 9 heteroatoms. The molecule has 0 spiro atoms. The second kappa shape index (κ2) is 6.83. The molecule has 26 heavy (non-hydrogen) atoms. The van der Waals surface area contributed by atoms with Gasteiger partial charge in [-0.25, -0.2) is 4.68 Å². The first-order chi connectivity index (χ1) is 12.3. The Labute approximate surface area is 152 Å². The van der Waals surface area contributed by atoms with E-state index in [2.05, 4.69) is 20.2 Å². The van der Waals surface area contributed by atoms with Gasteiger partial charge in [0, 0.05) is 31.9 Å². The summed E-state index contributed by atoms with van der Waals surface area (Å²) in [5.74, 6) is 0.200. The van der Waals surface area contributed by atoms with Crippen molar-refractivity contribution in [3.05, 3.63) is 48.6 Å². The zero-order valence-corrected chi connectivity index (χ0v) is 15.9. The number of hydrogen-bond donors (Lipinski definition) is 2. The van der Waals surface area contributed by atoms with E-state index in [1.807, 2.05) is 26.0 Å². The third-order valence-corrected chi connectivity index (χ3v) is 5.32. The number of nitrogens with one attached hydrogen (secondary N) is 2. The van der Waals surface area contributed by atoms with Crippen molar-refractivity contribution < 1.29 is 8.42 Å². The van der Waals surface area contributed by atoms with Gasteiger partial charge < -0.3 is 5.32 Å². The molecular weight excluding hydrogens is 352 g/mol. The molecule has 3 aromatic rings. The first-order valence-corrected chi connectivity index (χ1v) is 9.68. The minimum atomic E-state index is -3.88. The van der Waals surface area contributed by atoms with Crippen molar-refractivity contribution in [1.82, 2.24) is 24.9 Å². The maximum Gasteiger partial charge on any atom is 0.280 e. The van der Waals surface area contributed by atoms with Crippen LogP contribution in [0.4, 0.5) is 5.69 Å². The van der Waals surface area contributed by atoms with Crippen LogP contribution in [-0.4, -0.2) is 35.0 Å². The van der Waals surface area contributed by atoms with Gasteiger partial charge in [0.2, 0.25) is 0 Å². The number of hydrogen-bond acceptors (Lipinski definition) is 5. The van der Waals surface area contributed by atoms with Crippen LogP contribution in [0, 0.1) is 0 Å². The zero-order chi connectivity index (χ0) is 18.9. The lowest BCUT2D eigenvalue weighted by atomic mass is 10.1. The SMILES string of the molecule is CN/C=C(\n1ccc(C(C)C)n1)S(=O)(=O)Nc1cccc2cnn(C)c12. The maximum atomic E-state index is 13.0. The Morgan fingerprint density at radius 2 is 2.04 bits per heavy atom. The zero-order valence-electron chi connectivity index (χ0n) is 15.1. The van der Waals surface area contributed by atoms with E-state index in [9.17, 15) is 8.42 Å². The van der Waals surface area contributed by atoms with Crippen molar-refractivity contribution >= 4 is 31.6 Å². The quantitative estimate of drug-likeness (QED) is 0.690. The van der Waals surface area contributed by atoms with E-state index in [0.717, 1.165) is 11.1 Å². The van der Waals surface area contributed by atoms with E-state index in [-0.39, 0.29) is 10.9 Å². The van der Waals surface area contributed by atoms with Crippen LogP contribution in [-0.2, 0) is 17.1 Å². The van der Waals surface area contributed by atoms with Gasteiger partial charge in [0.25, 0.3) is 10.0 Å². The molecule has 0 fully saturated rings. The number of aryl methyl sites for hydroxylation is 1. The minimum absolute atomic E-state index is 0.00562. The van der Waals surface area contributed by atoms with Gasteiger partial charge in [-0.1, -0.05) is 26.0 Å². The summed E-state index contributed by atoms with van der Waals surface area (Å²) in [5, 5.41) is 12.2. The molecule has 3 rings (SSSR count). The van der Waals surface area contributed by atoms with Crippen molar-refractivity contribution in [2.24, 2.45) is 7.05 Å². The maximum absolute atomic E-state index is 13.0. The third-order valence-electron chi connectivity index (χ3n) is 3.98. The molecule has 2 heterocycles. The monoisotopic (exact) mass is 374 g/mol. The van der Waals surface area contributed by atoms with Crippen LogP contribution in [0.5, 0.6) is 0 Å². The highest BCUT2D eigenvalue weighted by Gasteiger charge is 2.23. The highest BCUT2D eigenvalue weighted by molar-refractivity contribution is 8.01. The van der Waals surface area contributed by atoms with Gasteiger partial charge in [-0.3, -0.25) is 9.40 Å². The highest BCUT2D eigenvalue weighted by atomic mass is 32.2. The van der Waals surface area contributed by atoms with Gasteiger partial charge in [0.05, 0.1) is 23.1 Å². The number of sulfonamides is 1. The average molecular weight is 374 g/mol. The fourth-order valence-electron chi connectivity index (χ4n) is 2.67. The van der Waals surface area contributed by atoms with E-state index in [1.165, 1.54) is 10.9 Å². The Morgan fingerprint density at radius 1 is 1.27 bits per heavy atom. The molecule has 0 aliphatic rings. The molecule has 0 radical (unpaired) electrons. The first-order valence-electron chi connectivity index (χ1n) is 8.20. The van der Waals surface area contributed by atoms with Crippen molar-refractivity contribution in [1.29, 1.82) is 0 Å². The van der Waals surface area contributed by atoms with Gasteiger partial charge in [-0.15, -0.1) is 0 Å². The molecule has 0 bridgehead atoms. The van der Waals surface area contributed by atoms with Crippen molar-refractivity contribution in [3.8, 4) is 0 Å². The second-order valence-corrected chi connectivity index (χ2v) is 7.86. The topological polar surface area (TPSA) is 93.8 Å². The summed E-state index contributed by atoms with van der Waals surface area (Å²) < 4.78 is 31.7. The Balaban J connectivity index is 2.03. The summed E-state index contributed by atoms with van der Waals surface area (Å²) in [6.07, 6.45) is 4.74. The predicted octanol–water partition coefficient (Wildman–Crippen LogP) is 2.31. The number of rotatable bonds is 6. The summed E-state index contributed by atoms with van der Waals surface area (Å²) in [7, 11) is -0.467. The molecule has 0 aliphatic carbocycles. The van der Waals surface area contributed by atoms with Gasteiger partial charge in [0.1, 0.15) is 0 Å². The number of anilines is 1. The molecule has 8 nitrogen and oxygen atoms in total. The first kappa shape index (κ1) is 18.0. The van der Waals surface area contributed by atoms with Gasteiger partial charge in [-0.2, -0.15) is 18.6 Å². The molecule has 0 amide bonds. The van der Waals surface area contributed by atoms with Gasteiger partial charge in [0.15, 0.2) is 5.03 Å². The summed E-state index contributed by atoms with van der Waals surface area (Å²) in [4.78, 5) is 0. The lowest BCUT2D eigenvalue weighted by Gasteiger charge is -2.13. The minimum Gasteiger partial charge on any atom is -0.392 e. The fraction of sp³-hybridized carbons (Fsp3) is 0.294. The van der Waals surface area contributed by atoms with Crippen LogP contribution in [0.15, 0.2) is 42.9 Å². The lowest BCUT2D eigenvalue weighted by molar-refractivity contribution is 0.607. The van der Waals surface area contributed by atoms with Gasteiger partial charge >= 0.3 is 0 Å². The van der Waals surface area contributed by atoms with E-state index >= 15 is 0 Å². The van der Waals surface area contributed by atoms with E-state index in [1.54, 1.807) is 43.3 Å². The average Bonchev–Trinajstić information content (AvgIpc) is 3.20. The molecule has 2 N–H and O–H groups in total. The normalized spacial score (nSPS) is 12.7. The molecule has 1 aromatic carbocycles. The summed E-state index contributed by atoms with van der Waals surface area (Å²) in [6, 6.07) is 7.19. The Bertz CT molecular complexity index is 1060. The van der Waals surface area contributed by atoms with E-state index in [4.69, 9.17) is 0 Å². The number of para-hydroxylation sites is 1. The van der Waals surface area contributed by atoms with Crippen LogP contribution < -0.4 is 10.0 Å². The van der Waals surface area contributed by atoms with E-state index in [0.29, 0.717) is 11.2 Å². The lowest BCUT2D eigenvalue weighted by Crippen LogP contribution is -2.21. The number of aromatic nitrogens is 4. The molecule has 0 unspecified atom stereocenters. The Morgan fingerprint density at radius 3 is 2.69 bits per heavy atom. The molecule has 138 valence electrons. The highest BCUT2D eigenvalue weighted by Crippen LogP contribution is 2.26. The van der Waals surface area contributed by atoms with E-state index < -0.39 is 10.0 Å².